The van der Waals surface area contributed by atoms with Crippen LogP contribution < -0.4 is 10.2 Å². The molecule has 2 aliphatic heterocycles. The summed E-state index contributed by atoms with van der Waals surface area (Å²) in [5.74, 6) is 0.504. The Morgan fingerprint density at radius 3 is 2.25 bits per heavy atom. The minimum absolute atomic E-state index is 0.0634. The number of nitrogens with zero attached hydrogens (tertiary/aromatic N) is 4. The normalized spacial score (nSPS) is 18.6. The molecule has 32 heavy (non-hydrogen) atoms. The number of benzene rings is 1. The Kier molecular flexibility index (Phi) is 6.83. The maximum atomic E-state index is 12.7. The van der Waals surface area contributed by atoms with E-state index in [-0.39, 0.29) is 12.1 Å². The Balaban J connectivity index is 1.20. The number of halogens is 3. The van der Waals surface area contributed by atoms with Gasteiger partial charge in [0.1, 0.15) is 5.82 Å². The molecule has 0 spiro atoms. The van der Waals surface area contributed by atoms with Crippen LogP contribution in [-0.2, 0) is 12.7 Å². The molecule has 4 rings (SSSR count). The monoisotopic (exact) mass is 447 g/mol. The van der Waals surface area contributed by atoms with Gasteiger partial charge in [0.15, 0.2) is 0 Å². The first kappa shape index (κ1) is 22.4. The fourth-order valence-corrected chi connectivity index (χ4v) is 4.22. The van der Waals surface area contributed by atoms with Crippen LogP contribution in [0.3, 0.4) is 0 Å². The predicted molar refractivity (Wildman–Crippen MR) is 116 cm³/mol. The van der Waals surface area contributed by atoms with Gasteiger partial charge in [-0.05, 0) is 30.5 Å². The average molecular weight is 448 g/mol. The number of hydrogen-bond acceptors (Lipinski definition) is 4. The molecular weight excluding hydrogens is 419 g/mol. The first-order chi connectivity index (χ1) is 15.4. The maximum Gasteiger partial charge on any atom is 0.417 e. The summed E-state index contributed by atoms with van der Waals surface area (Å²) in [7, 11) is 0. The molecule has 1 aromatic heterocycles. The zero-order valence-electron chi connectivity index (χ0n) is 17.9. The summed E-state index contributed by atoms with van der Waals surface area (Å²) in [6.45, 7) is 4.95. The molecule has 0 unspecified atom stereocenters. The summed E-state index contributed by atoms with van der Waals surface area (Å²) in [6.07, 6.45) is -1.68. The van der Waals surface area contributed by atoms with Crippen molar-refractivity contribution in [1.82, 2.24) is 20.1 Å². The van der Waals surface area contributed by atoms with E-state index in [9.17, 15) is 18.0 Å². The lowest BCUT2D eigenvalue weighted by molar-refractivity contribution is -0.137. The molecule has 2 saturated heterocycles. The zero-order valence-corrected chi connectivity index (χ0v) is 17.9. The Morgan fingerprint density at radius 1 is 0.969 bits per heavy atom. The second-order valence-corrected chi connectivity index (χ2v) is 8.36. The Hall–Kier alpha value is -2.81. The van der Waals surface area contributed by atoms with Crippen LogP contribution >= 0.6 is 0 Å². The summed E-state index contributed by atoms with van der Waals surface area (Å²) >= 11 is 0. The van der Waals surface area contributed by atoms with Gasteiger partial charge in [-0.1, -0.05) is 30.3 Å². The van der Waals surface area contributed by atoms with Gasteiger partial charge >= 0.3 is 12.2 Å². The molecule has 0 aliphatic carbocycles. The van der Waals surface area contributed by atoms with Crippen molar-refractivity contribution < 1.29 is 18.0 Å². The highest BCUT2D eigenvalue weighted by molar-refractivity contribution is 5.75. The smallest absolute Gasteiger partial charge is 0.353 e. The number of nitrogens with one attached hydrogen (secondary N) is 1. The minimum Gasteiger partial charge on any atom is -0.353 e. The fourth-order valence-electron chi connectivity index (χ4n) is 4.22. The predicted octanol–water partition coefficient (Wildman–Crippen LogP) is 3.60. The van der Waals surface area contributed by atoms with Crippen LogP contribution in [0.15, 0.2) is 48.7 Å². The summed E-state index contributed by atoms with van der Waals surface area (Å²) in [6, 6.07) is 12.9. The van der Waals surface area contributed by atoms with Crippen molar-refractivity contribution in [3.8, 4) is 0 Å². The number of hydrogen-bond donors (Lipinski definition) is 1. The lowest BCUT2D eigenvalue weighted by Crippen LogP contribution is -2.55. The second-order valence-electron chi connectivity index (χ2n) is 8.36. The number of amides is 2. The van der Waals surface area contributed by atoms with Gasteiger partial charge in [0.25, 0.3) is 0 Å². The van der Waals surface area contributed by atoms with Gasteiger partial charge in [-0.3, -0.25) is 4.90 Å². The third-order valence-corrected chi connectivity index (χ3v) is 6.13. The van der Waals surface area contributed by atoms with Crippen molar-refractivity contribution in [3.05, 3.63) is 59.8 Å². The number of piperazine rings is 1. The Bertz CT molecular complexity index is 875. The number of piperidine rings is 1. The molecule has 2 aliphatic rings. The molecule has 1 N–H and O–H groups in total. The SMILES string of the molecule is O=C(NC1CCN(Cc2ccccc2)CC1)N1CCN(c2ccc(C(F)(F)F)cn2)CC1. The number of anilines is 1. The molecule has 0 atom stereocenters. The molecule has 3 heterocycles. The van der Waals surface area contributed by atoms with E-state index in [0.717, 1.165) is 44.7 Å². The van der Waals surface area contributed by atoms with Gasteiger partial charge in [0.2, 0.25) is 0 Å². The number of pyridine rings is 1. The lowest BCUT2D eigenvalue weighted by Gasteiger charge is -2.37. The van der Waals surface area contributed by atoms with E-state index in [1.54, 1.807) is 4.90 Å². The van der Waals surface area contributed by atoms with E-state index in [4.69, 9.17) is 0 Å². The largest absolute Gasteiger partial charge is 0.417 e. The van der Waals surface area contributed by atoms with Crippen LogP contribution in [0.5, 0.6) is 0 Å². The highest BCUT2D eigenvalue weighted by atomic mass is 19.4. The first-order valence-corrected chi connectivity index (χ1v) is 11.0. The number of likely N-dealkylation sites (tertiary alicyclic amines) is 1. The molecular formula is C23H28F3N5O. The van der Waals surface area contributed by atoms with E-state index in [2.05, 4.69) is 39.5 Å². The van der Waals surface area contributed by atoms with Crippen molar-refractivity contribution >= 4 is 11.8 Å². The van der Waals surface area contributed by atoms with Crippen LogP contribution in [0.2, 0.25) is 0 Å². The Morgan fingerprint density at radius 2 is 1.66 bits per heavy atom. The van der Waals surface area contributed by atoms with Crippen molar-refractivity contribution in [2.24, 2.45) is 0 Å². The number of aromatic nitrogens is 1. The van der Waals surface area contributed by atoms with E-state index < -0.39 is 11.7 Å². The molecule has 2 amide bonds. The van der Waals surface area contributed by atoms with Gasteiger partial charge in [-0.25, -0.2) is 9.78 Å². The first-order valence-electron chi connectivity index (χ1n) is 11.0. The minimum atomic E-state index is -4.39. The van der Waals surface area contributed by atoms with Crippen LogP contribution in [0, 0.1) is 0 Å². The van der Waals surface area contributed by atoms with Crippen molar-refractivity contribution in [2.45, 2.75) is 31.6 Å². The van der Waals surface area contributed by atoms with Crippen molar-refractivity contribution in [2.75, 3.05) is 44.2 Å². The van der Waals surface area contributed by atoms with Gasteiger partial charge in [-0.2, -0.15) is 13.2 Å². The number of alkyl halides is 3. The van der Waals surface area contributed by atoms with Crippen molar-refractivity contribution in [1.29, 1.82) is 0 Å². The van der Waals surface area contributed by atoms with Crippen molar-refractivity contribution in [3.63, 3.8) is 0 Å². The van der Waals surface area contributed by atoms with Crippen LogP contribution in [0.4, 0.5) is 23.8 Å². The molecule has 172 valence electrons. The van der Waals surface area contributed by atoms with Gasteiger partial charge < -0.3 is 15.1 Å². The summed E-state index contributed by atoms with van der Waals surface area (Å²) in [5, 5.41) is 3.15. The van der Waals surface area contributed by atoms with Crippen LogP contribution in [-0.4, -0.2) is 66.1 Å². The molecule has 2 fully saturated rings. The highest BCUT2D eigenvalue weighted by Crippen LogP contribution is 2.29. The quantitative estimate of drug-likeness (QED) is 0.778. The van der Waals surface area contributed by atoms with Crippen LogP contribution in [0.25, 0.3) is 0 Å². The number of rotatable bonds is 4. The topological polar surface area (TPSA) is 51.7 Å². The molecule has 0 radical (unpaired) electrons. The molecule has 9 heteroatoms. The van der Waals surface area contributed by atoms with Gasteiger partial charge in [0.05, 0.1) is 5.56 Å². The van der Waals surface area contributed by atoms with E-state index in [1.807, 2.05) is 11.0 Å². The van der Waals surface area contributed by atoms with Gasteiger partial charge in [-0.15, -0.1) is 0 Å². The number of carbonyl (C=O) groups excluding carboxylic acids is 1. The summed E-state index contributed by atoms with van der Waals surface area (Å²) in [5.41, 5.74) is 0.546. The molecule has 0 bridgehead atoms. The van der Waals surface area contributed by atoms with E-state index in [1.165, 1.54) is 11.6 Å². The van der Waals surface area contributed by atoms with E-state index >= 15 is 0 Å². The number of urea groups is 1. The zero-order chi connectivity index (χ0) is 22.6. The molecule has 0 saturated carbocycles. The fraction of sp³-hybridized carbons (Fsp3) is 0.478. The average Bonchev–Trinajstić information content (AvgIpc) is 2.81. The third-order valence-electron chi connectivity index (χ3n) is 6.13. The molecule has 1 aromatic carbocycles. The summed E-state index contributed by atoms with van der Waals surface area (Å²) in [4.78, 5) is 22.7. The third kappa shape index (κ3) is 5.70. The Labute approximate surface area is 186 Å². The van der Waals surface area contributed by atoms with Crippen LogP contribution in [0.1, 0.15) is 24.0 Å². The maximum absolute atomic E-state index is 12.7. The lowest BCUT2D eigenvalue weighted by atomic mass is 10.0. The highest BCUT2D eigenvalue weighted by Gasteiger charge is 2.31. The standard InChI is InChI=1S/C23H28F3N5O/c24-23(25,26)19-6-7-21(27-16-19)30-12-14-31(15-13-30)22(32)28-20-8-10-29(11-9-20)17-18-4-2-1-3-5-18/h1-7,16,20H,8-15,17H2,(H,28,32). The van der Waals surface area contributed by atoms with Gasteiger partial charge in [0, 0.05) is 58.1 Å². The second kappa shape index (κ2) is 9.77. The number of carbonyl (C=O) groups is 1. The van der Waals surface area contributed by atoms with E-state index in [0.29, 0.717) is 32.0 Å². The molecule has 6 nitrogen and oxygen atoms in total. The molecule has 2 aromatic rings. The summed E-state index contributed by atoms with van der Waals surface area (Å²) < 4.78 is 38.1.